The third kappa shape index (κ3) is 3.44. The monoisotopic (exact) mass is 259 g/mol. The highest BCUT2D eigenvalue weighted by molar-refractivity contribution is 7.92. The summed E-state index contributed by atoms with van der Waals surface area (Å²) in [6.07, 6.45) is 7.44. The van der Waals surface area contributed by atoms with Gasteiger partial charge in [-0.1, -0.05) is 19.8 Å². The molecule has 3 nitrogen and oxygen atoms in total. The number of sulfone groups is 1. The van der Waals surface area contributed by atoms with Crippen LogP contribution in [0.2, 0.25) is 0 Å². The molecule has 0 aromatic heterocycles. The van der Waals surface area contributed by atoms with Gasteiger partial charge in [0.1, 0.15) is 0 Å². The second kappa shape index (κ2) is 5.70. The van der Waals surface area contributed by atoms with E-state index in [9.17, 15) is 8.42 Å². The van der Waals surface area contributed by atoms with Crippen molar-refractivity contribution in [1.82, 2.24) is 5.32 Å². The lowest BCUT2D eigenvalue weighted by molar-refractivity contribution is 0.529. The zero-order valence-electron chi connectivity index (χ0n) is 10.8. The maximum absolute atomic E-state index is 12.3. The van der Waals surface area contributed by atoms with Gasteiger partial charge in [0.15, 0.2) is 9.84 Å². The molecular formula is C13H25NO2S. The molecule has 2 aliphatic carbocycles. The van der Waals surface area contributed by atoms with Crippen molar-refractivity contribution in [3.8, 4) is 0 Å². The highest BCUT2D eigenvalue weighted by Crippen LogP contribution is 2.31. The van der Waals surface area contributed by atoms with Gasteiger partial charge < -0.3 is 5.32 Å². The first kappa shape index (κ1) is 13.3. The van der Waals surface area contributed by atoms with Gasteiger partial charge >= 0.3 is 0 Å². The van der Waals surface area contributed by atoms with Crippen LogP contribution in [0.15, 0.2) is 0 Å². The van der Waals surface area contributed by atoms with Crippen LogP contribution in [0.3, 0.4) is 0 Å². The molecule has 2 rings (SSSR count). The Balaban J connectivity index is 1.87. The summed E-state index contributed by atoms with van der Waals surface area (Å²) >= 11 is 0. The normalized spacial score (nSPS) is 31.1. The molecular weight excluding hydrogens is 234 g/mol. The molecule has 0 radical (unpaired) electrons. The number of nitrogens with one attached hydrogen (secondary N) is 1. The predicted molar refractivity (Wildman–Crippen MR) is 70.8 cm³/mol. The van der Waals surface area contributed by atoms with Gasteiger partial charge in [-0.3, -0.25) is 0 Å². The van der Waals surface area contributed by atoms with Gasteiger partial charge in [0.05, 0.1) is 11.0 Å². The zero-order valence-corrected chi connectivity index (χ0v) is 11.6. The van der Waals surface area contributed by atoms with Crippen LogP contribution in [-0.4, -0.2) is 32.0 Å². The number of rotatable bonds is 5. The molecule has 2 saturated carbocycles. The van der Waals surface area contributed by atoms with Crippen LogP contribution >= 0.6 is 0 Å². The first-order valence-electron chi connectivity index (χ1n) is 7.06. The summed E-state index contributed by atoms with van der Waals surface area (Å²) in [5, 5.41) is 3.31. The lowest BCUT2D eigenvalue weighted by Gasteiger charge is -2.16. The summed E-state index contributed by atoms with van der Waals surface area (Å²) in [4.78, 5) is 0. The lowest BCUT2D eigenvalue weighted by Crippen LogP contribution is -2.30. The predicted octanol–water partition coefficient (Wildman–Crippen LogP) is 2.12. The Morgan fingerprint density at radius 1 is 1.12 bits per heavy atom. The van der Waals surface area contributed by atoms with Crippen molar-refractivity contribution in [2.75, 3.05) is 12.3 Å². The van der Waals surface area contributed by atoms with Gasteiger partial charge in [0.2, 0.25) is 0 Å². The lowest BCUT2D eigenvalue weighted by atomic mass is 10.1. The maximum atomic E-state index is 12.3. The Hall–Kier alpha value is -0.0900. The topological polar surface area (TPSA) is 46.2 Å². The molecule has 0 spiro atoms. The molecule has 2 unspecified atom stereocenters. The molecule has 0 saturated heterocycles. The molecule has 0 bridgehead atoms. The fourth-order valence-electron chi connectivity index (χ4n) is 3.38. The molecule has 0 aromatic rings. The first-order chi connectivity index (χ1) is 8.12. The molecule has 0 aliphatic heterocycles. The third-order valence-corrected chi connectivity index (χ3v) is 6.71. The van der Waals surface area contributed by atoms with E-state index in [2.05, 4.69) is 12.2 Å². The summed E-state index contributed by atoms with van der Waals surface area (Å²) in [6.45, 7) is 3.03. The van der Waals surface area contributed by atoms with E-state index in [0.29, 0.717) is 17.7 Å². The fraction of sp³-hybridized carbons (Fsp3) is 1.00. The summed E-state index contributed by atoms with van der Waals surface area (Å²) < 4.78 is 24.6. The molecule has 2 atom stereocenters. The molecule has 17 heavy (non-hydrogen) atoms. The SMILES string of the molecule is CCNC1CCC(S(=O)(=O)CC2CCCC2)C1. The minimum atomic E-state index is -2.83. The first-order valence-corrected chi connectivity index (χ1v) is 8.78. The zero-order chi connectivity index (χ0) is 12.3. The van der Waals surface area contributed by atoms with Gasteiger partial charge in [-0.25, -0.2) is 8.42 Å². The third-order valence-electron chi connectivity index (χ3n) is 4.33. The molecule has 100 valence electrons. The smallest absolute Gasteiger partial charge is 0.153 e. The minimum absolute atomic E-state index is 0.0628. The molecule has 0 heterocycles. The summed E-state index contributed by atoms with van der Waals surface area (Å²) in [5.74, 6) is 0.912. The van der Waals surface area contributed by atoms with Crippen LogP contribution in [-0.2, 0) is 9.84 Å². The number of hydrogen-bond acceptors (Lipinski definition) is 3. The van der Waals surface area contributed by atoms with Gasteiger partial charge in [0.25, 0.3) is 0 Å². The Morgan fingerprint density at radius 2 is 1.82 bits per heavy atom. The quantitative estimate of drug-likeness (QED) is 0.822. The van der Waals surface area contributed by atoms with E-state index >= 15 is 0 Å². The standard InChI is InChI=1S/C13H25NO2S/c1-2-14-12-7-8-13(9-12)17(15,16)10-11-5-3-4-6-11/h11-14H,2-10H2,1H3. The van der Waals surface area contributed by atoms with Gasteiger partial charge in [-0.2, -0.15) is 0 Å². The number of hydrogen-bond donors (Lipinski definition) is 1. The van der Waals surface area contributed by atoms with Gasteiger partial charge in [-0.05, 0) is 44.6 Å². The van der Waals surface area contributed by atoms with Crippen molar-refractivity contribution in [2.24, 2.45) is 5.92 Å². The molecule has 1 N–H and O–H groups in total. The molecule has 4 heteroatoms. The van der Waals surface area contributed by atoms with E-state index < -0.39 is 9.84 Å². The van der Waals surface area contributed by atoms with E-state index in [1.165, 1.54) is 12.8 Å². The van der Waals surface area contributed by atoms with Crippen LogP contribution in [0.4, 0.5) is 0 Å². The highest BCUT2D eigenvalue weighted by Gasteiger charge is 2.35. The van der Waals surface area contributed by atoms with Crippen LogP contribution < -0.4 is 5.32 Å². The summed E-state index contributed by atoms with van der Waals surface area (Å²) in [5.41, 5.74) is 0. The Bertz CT molecular complexity index is 333. The molecule has 0 aromatic carbocycles. The van der Waals surface area contributed by atoms with Crippen LogP contribution in [0, 0.1) is 5.92 Å². The van der Waals surface area contributed by atoms with E-state index in [4.69, 9.17) is 0 Å². The highest BCUT2D eigenvalue weighted by atomic mass is 32.2. The van der Waals surface area contributed by atoms with E-state index in [1.54, 1.807) is 0 Å². The van der Waals surface area contributed by atoms with Gasteiger partial charge in [0, 0.05) is 6.04 Å². The van der Waals surface area contributed by atoms with E-state index in [1.807, 2.05) is 0 Å². The Labute approximate surface area is 105 Å². The van der Waals surface area contributed by atoms with Crippen molar-refractivity contribution in [3.63, 3.8) is 0 Å². The Kier molecular flexibility index (Phi) is 4.47. The van der Waals surface area contributed by atoms with Crippen molar-refractivity contribution >= 4 is 9.84 Å². The average molecular weight is 259 g/mol. The average Bonchev–Trinajstić information content (AvgIpc) is 2.88. The summed E-state index contributed by atoms with van der Waals surface area (Å²) in [7, 11) is -2.83. The Morgan fingerprint density at radius 3 is 2.47 bits per heavy atom. The van der Waals surface area contributed by atoms with E-state index in [-0.39, 0.29) is 5.25 Å². The summed E-state index contributed by atoms with van der Waals surface area (Å²) in [6, 6.07) is 0.434. The largest absolute Gasteiger partial charge is 0.314 e. The maximum Gasteiger partial charge on any atom is 0.153 e. The van der Waals surface area contributed by atoms with Crippen LogP contribution in [0.1, 0.15) is 51.9 Å². The van der Waals surface area contributed by atoms with Crippen LogP contribution in [0.25, 0.3) is 0 Å². The van der Waals surface area contributed by atoms with Crippen molar-refractivity contribution in [1.29, 1.82) is 0 Å². The molecule has 2 fully saturated rings. The fourth-order valence-corrected chi connectivity index (χ4v) is 5.67. The van der Waals surface area contributed by atoms with Crippen molar-refractivity contribution in [3.05, 3.63) is 0 Å². The van der Waals surface area contributed by atoms with Gasteiger partial charge in [-0.15, -0.1) is 0 Å². The minimum Gasteiger partial charge on any atom is -0.314 e. The van der Waals surface area contributed by atoms with Crippen LogP contribution in [0.5, 0.6) is 0 Å². The second-order valence-electron chi connectivity index (χ2n) is 5.67. The molecule has 0 amide bonds. The molecule has 2 aliphatic rings. The van der Waals surface area contributed by atoms with Crippen molar-refractivity contribution < 1.29 is 8.42 Å². The second-order valence-corrected chi connectivity index (χ2v) is 8.00. The van der Waals surface area contributed by atoms with Crippen molar-refractivity contribution in [2.45, 2.75) is 63.2 Å². The van der Waals surface area contributed by atoms with E-state index in [0.717, 1.165) is 38.6 Å².